The average molecular weight is 355 g/mol. The molecule has 1 heterocycles. The Balaban J connectivity index is 1.78. The fourth-order valence-electron chi connectivity index (χ4n) is 5.13. The van der Waals surface area contributed by atoms with E-state index in [0.29, 0.717) is 12.3 Å². The first-order valence-electron chi connectivity index (χ1n) is 8.32. The number of halogens is 4. The van der Waals surface area contributed by atoms with Gasteiger partial charge in [0.25, 0.3) is 11.8 Å². The Kier molecular flexibility index (Phi) is 3.19. The number of fused-ring (bicyclic) bond motifs is 3. The molecule has 7 heteroatoms. The van der Waals surface area contributed by atoms with E-state index in [4.69, 9.17) is 0 Å². The third-order valence-electron chi connectivity index (χ3n) is 6.78. The SMILES string of the molecule is C[C@@H]1C2CC(C[C@H]1N1C(=O)c3c(F)c(F)c(F)c(F)c3C1=O)C2(C)C. The molecule has 3 fully saturated rings. The molecule has 4 aliphatic rings. The number of amides is 2. The topological polar surface area (TPSA) is 37.4 Å². The van der Waals surface area contributed by atoms with Crippen LogP contribution in [0.15, 0.2) is 0 Å². The Bertz CT molecular complexity index is 788. The Hall–Kier alpha value is -1.92. The molecular weight excluding hydrogens is 338 g/mol. The lowest BCUT2D eigenvalue weighted by atomic mass is 9.44. The zero-order valence-corrected chi connectivity index (χ0v) is 14.0. The fraction of sp³-hybridized carbons (Fsp3) is 0.556. The van der Waals surface area contributed by atoms with Gasteiger partial charge in [-0.25, -0.2) is 17.6 Å². The highest BCUT2D eigenvalue weighted by Crippen LogP contribution is 2.62. The maximum Gasteiger partial charge on any atom is 0.265 e. The van der Waals surface area contributed by atoms with Gasteiger partial charge in [0.2, 0.25) is 0 Å². The molecule has 0 aromatic heterocycles. The minimum Gasteiger partial charge on any atom is -0.271 e. The third kappa shape index (κ3) is 1.81. The third-order valence-corrected chi connectivity index (χ3v) is 6.78. The summed E-state index contributed by atoms with van der Waals surface area (Å²) in [4.78, 5) is 26.0. The van der Waals surface area contributed by atoms with Gasteiger partial charge in [-0.3, -0.25) is 14.5 Å². The molecule has 3 aliphatic carbocycles. The van der Waals surface area contributed by atoms with E-state index in [0.717, 1.165) is 11.3 Å². The van der Waals surface area contributed by atoms with Crippen molar-refractivity contribution in [1.29, 1.82) is 0 Å². The lowest BCUT2D eigenvalue weighted by Gasteiger charge is -2.62. The Labute approximate surface area is 142 Å². The molecule has 134 valence electrons. The van der Waals surface area contributed by atoms with Crippen LogP contribution in [0.3, 0.4) is 0 Å². The van der Waals surface area contributed by atoms with Gasteiger partial charge in [-0.1, -0.05) is 20.8 Å². The van der Waals surface area contributed by atoms with Gasteiger partial charge in [-0.2, -0.15) is 0 Å². The smallest absolute Gasteiger partial charge is 0.265 e. The molecular formula is C18H17F4NO2. The highest BCUT2D eigenvalue weighted by molar-refractivity contribution is 6.21. The van der Waals surface area contributed by atoms with E-state index in [-0.39, 0.29) is 17.3 Å². The standard InChI is InChI=1S/C18H17F4NO2/c1-6-8-4-7(18(8,2)3)5-9(6)23-16(24)10-11(17(23)25)13(20)15(22)14(21)12(10)19/h6-9H,4-5H2,1-3H3/t6-,7?,8?,9-/m1/s1. The van der Waals surface area contributed by atoms with Gasteiger partial charge in [0, 0.05) is 6.04 Å². The van der Waals surface area contributed by atoms with E-state index in [2.05, 4.69) is 13.8 Å². The van der Waals surface area contributed by atoms with Crippen LogP contribution < -0.4 is 0 Å². The lowest BCUT2D eigenvalue weighted by Crippen LogP contribution is -2.61. The highest BCUT2D eigenvalue weighted by Gasteiger charge is 2.60. The van der Waals surface area contributed by atoms with Crippen LogP contribution in [0.25, 0.3) is 0 Å². The number of rotatable bonds is 1. The lowest BCUT2D eigenvalue weighted by molar-refractivity contribution is -0.127. The predicted molar refractivity (Wildman–Crippen MR) is 79.7 cm³/mol. The van der Waals surface area contributed by atoms with E-state index in [9.17, 15) is 27.2 Å². The van der Waals surface area contributed by atoms with Crippen molar-refractivity contribution in [2.75, 3.05) is 0 Å². The molecule has 5 rings (SSSR count). The first kappa shape index (κ1) is 16.5. The number of hydrogen-bond donors (Lipinski definition) is 0. The van der Waals surface area contributed by atoms with Crippen molar-refractivity contribution in [1.82, 2.24) is 4.90 Å². The van der Waals surface area contributed by atoms with Gasteiger partial charge in [0.05, 0.1) is 11.1 Å². The van der Waals surface area contributed by atoms with Crippen molar-refractivity contribution in [2.45, 2.75) is 39.7 Å². The van der Waals surface area contributed by atoms with Crippen LogP contribution in [0.4, 0.5) is 17.6 Å². The number of carbonyl (C=O) groups is 2. The Morgan fingerprint density at radius 2 is 1.36 bits per heavy atom. The van der Waals surface area contributed by atoms with Crippen molar-refractivity contribution >= 4 is 11.8 Å². The van der Waals surface area contributed by atoms with E-state index in [1.165, 1.54) is 0 Å². The van der Waals surface area contributed by atoms with Gasteiger partial charge in [-0.05, 0) is 36.0 Å². The zero-order valence-electron chi connectivity index (χ0n) is 14.0. The quantitative estimate of drug-likeness (QED) is 0.332. The van der Waals surface area contributed by atoms with E-state index < -0.39 is 52.3 Å². The molecule has 0 radical (unpaired) electrons. The number of imide groups is 1. The van der Waals surface area contributed by atoms with E-state index in [1.54, 1.807) is 0 Å². The number of benzene rings is 1. The maximum atomic E-state index is 14.0. The molecule has 4 atom stereocenters. The van der Waals surface area contributed by atoms with E-state index in [1.807, 2.05) is 6.92 Å². The van der Waals surface area contributed by atoms with Crippen molar-refractivity contribution < 1.29 is 27.2 Å². The monoisotopic (exact) mass is 355 g/mol. The van der Waals surface area contributed by atoms with Crippen LogP contribution in [0.1, 0.15) is 54.3 Å². The summed E-state index contributed by atoms with van der Waals surface area (Å²) in [6.07, 6.45) is 1.52. The van der Waals surface area contributed by atoms with Gasteiger partial charge < -0.3 is 0 Å². The maximum absolute atomic E-state index is 14.0. The Morgan fingerprint density at radius 3 is 1.76 bits per heavy atom. The summed E-state index contributed by atoms with van der Waals surface area (Å²) in [5.74, 6) is -9.37. The average Bonchev–Trinajstić information content (AvgIpc) is 2.81. The molecule has 0 saturated heterocycles. The van der Waals surface area contributed by atoms with Gasteiger partial charge in [0.1, 0.15) is 0 Å². The molecule has 0 N–H and O–H groups in total. The molecule has 3 saturated carbocycles. The van der Waals surface area contributed by atoms with Crippen LogP contribution in [0.5, 0.6) is 0 Å². The summed E-state index contributed by atoms with van der Waals surface area (Å²) in [5.41, 5.74) is -1.90. The molecule has 0 spiro atoms. The molecule has 3 nitrogen and oxygen atoms in total. The van der Waals surface area contributed by atoms with Crippen LogP contribution in [-0.4, -0.2) is 22.8 Å². The highest BCUT2D eigenvalue weighted by atomic mass is 19.2. The summed E-state index contributed by atoms with van der Waals surface area (Å²) in [7, 11) is 0. The number of carbonyl (C=O) groups excluding carboxylic acids is 2. The molecule has 1 aromatic carbocycles. The van der Waals surface area contributed by atoms with Crippen LogP contribution >= 0.6 is 0 Å². The molecule has 25 heavy (non-hydrogen) atoms. The fourth-order valence-corrected chi connectivity index (χ4v) is 5.13. The summed E-state index contributed by atoms with van der Waals surface area (Å²) in [6, 6.07) is -0.519. The number of hydrogen-bond acceptors (Lipinski definition) is 2. The first-order chi connectivity index (χ1) is 11.6. The summed E-state index contributed by atoms with van der Waals surface area (Å²) in [6.45, 7) is 6.17. The molecule has 2 bridgehead atoms. The number of nitrogens with zero attached hydrogens (tertiary/aromatic N) is 1. The predicted octanol–water partition coefficient (Wildman–Crippen LogP) is 3.91. The van der Waals surface area contributed by atoms with Crippen molar-refractivity contribution in [3.63, 3.8) is 0 Å². The van der Waals surface area contributed by atoms with Gasteiger partial charge in [-0.15, -0.1) is 0 Å². The largest absolute Gasteiger partial charge is 0.271 e. The van der Waals surface area contributed by atoms with Crippen molar-refractivity contribution in [3.8, 4) is 0 Å². The van der Waals surface area contributed by atoms with Crippen LogP contribution in [0, 0.1) is 46.4 Å². The van der Waals surface area contributed by atoms with E-state index >= 15 is 0 Å². The zero-order chi connectivity index (χ0) is 18.4. The molecule has 1 aromatic rings. The second-order valence-corrected chi connectivity index (χ2v) is 8.01. The summed E-state index contributed by atoms with van der Waals surface area (Å²) >= 11 is 0. The summed E-state index contributed by atoms with van der Waals surface area (Å²) in [5, 5.41) is 0. The van der Waals surface area contributed by atoms with Gasteiger partial charge >= 0.3 is 0 Å². The van der Waals surface area contributed by atoms with Crippen molar-refractivity contribution in [3.05, 3.63) is 34.4 Å². The second kappa shape index (κ2) is 4.83. The Morgan fingerprint density at radius 1 is 0.880 bits per heavy atom. The van der Waals surface area contributed by atoms with Gasteiger partial charge in [0.15, 0.2) is 23.3 Å². The minimum atomic E-state index is -2.07. The molecule has 2 amide bonds. The molecule has 2 unspecified atom stereocenters. The van der Waals surface area contributed by atoms with Crippen molar-refractivity contribution in [2.24, 2.45) is 23.2 Å². The van der Waals surface area contributed by atoms with Crippen LogP contribution in [-0.2, 0) is 0 Å². The normalized spacial score (nSPS) is 32.7. The van der Waals surface area contributed by atoms with Crippen LogP contribution in [0.2, 0.25) is 0 Å². The first-order valence-corrected chi connectivity index (χ1v) is 8.32. The molecule has 1 aliphatic heterocycles. The summed E-state index contributed by atoms with van der Waals surface area (Å²) < 4.78 is 55.0. The second-order valence-electron chi connectivity index (χ2n) is 8.01. The minimum absolute atomic E-state index is 0.0528.